The van der Waals surface area contributed by atoms with Crippen molar-refractivity contribution in [1.29, 1.82) is 0 Å². The Hall–Kier alpha value is 0.405. The number of carboxylic acid groups (broad SMARTS) is 1. The van der Waals surface area contributed by atoms with Crippen LogP contribution in [-0.4, -0.2) is 11.1 Å². The monoisotopic (exact) mass is 330 g/mol. The molecule has 0 radical (unpaired) electrons. The maximum Gasteiger partial charge on any atom is 0.306 e. The molecule has 10 heavy (non-hydrogen) atoms. The molecule has 1 N–H and O–H groups in total. The standard InChI is InChI=1S/C7H12O2.Hg/c8-7(9)6-4-2-1-3-5-6;/h6H,1-5H2,(H,8,9);. The molecule has 1 saturated carbocycles. The van der Waals surface area contributed by atoms with Crippen LogP contribution in [0.15, 0.2) is 0 Å². The molecule has 1 aliphatic carbocycles. The number of carbonyl (C=O) groups is 1. The Bertz CT molecular complexity index is 108. The van der Waals surface area contributed by atoms with Gasteiger partial charge in [-0.1, -0.05) is 19.3 Å². The fourth-order valence-electron chi connectivity index (χ4n) is 1.35. The van der Waals surface area contributed by atoms with E-state index in [1.165, 1.54) is 6.42 Å². The largest absolute Gasteiger partial charge is 0.481 e. The van der Waals surface area contributed by atoms with E-state index in [1.54, 1.807) is 0 Å². The molecule has 0 spiro atoms. The van der Waals surface area contributed by atoms with E-state index in [0.717, 1.165) is 25.7 Å². The van der Waals surface area contributed by atoms with E-state index >= 15 is 0 Å². The third kappa shape index (κ3) is 3.00. The van der Waals surface area contributed by atoms with Gasteiger partial charge in [0.15, 0.2) is 0 Å². The van der Waals surface area contributed by atoms with Crippen molar-refractivity contribution in [2.75, 3.05) is 0 Å². The maximum atomic E-state index is 10.4. The van der Waals surface area contributed by atoms with Crippen LogP contribution in [0.2, 0.25) is 0 Å². The minimum atomic E-state index is -0.602. The molecule has 54 valence electrons. The summed E-state index contributed by atoms with van der Waals surface area (Å²) in [7, 11) is 0. The molecular weight excluding hydrogens is 317 g/mol. The Morgan fingerprint density at radius 2 is 1.70 bits per heavy atom. The summed E-state index contributed by atoms with van der Waals surface area (Å²) < 4.78 is 0. The third-order valence-electron chi connectivity index (χ3n) is 1.95. The van der Waals surface area contributed by atoms with Gasteiger partial charge in [-0.2, -0.15) is 0 Å². The van der Waals surface area contributed by atoms with Gasteiger partial charge in [-0.15, -0.1) is 0 Å². The normalized spacial score (nSPS) is 19.6. The molecule has 1 rings (SSSR count). The summed E-state index contributed by atoms with van der Waals surface area (Å²) in [6.45, 7) is 0. The van der Waals surface area contributed by atoms with E-state index < -0.39 is 5.97 Å². The van der Waals surface area contributed by atoms with Crippen molar-refractivity contribution in [3.8, 4) is 0 Å². The summed E-state index contributed by atoms with van der Waals surface area (Å²) in [5.41, 5.74) is 0. The molecule has 1 aliphatic rings. The zero-order chi connectivity index (χ0) is 6.69. The van der Waals surface area contributed by atoms with Crippen LogP contribution >= 0.6 is 0 Å². The number of hydrogen-bond acceptors (Lipinski definition) is 1. The van der Waals surface area contributed by atoms with Crippen molar-refractivity contribution in [1.82, 2.24) is 0 Å². The Morgan fingerprint density at radius 1 is 1.20 bits per heavy atom. The second-order valence-corrected chi connectivity index (χ2v) is 2.67. The predicted molar refractivity (Wildman–Crippen MR) is 34.2 cm³/mol. The van der Waals surface area contributed by atoms with Gasteiger partial charge in [0, 0.05) is 27.7 Å². The fourth-order valence-corrected chi connectivity index (χ4v) is 1.35. The molecule has 0 amide bonds. The Morgan fingerprint density at radius 3 is 2.00 bits per heavy atom. The van der Waals surface area contributed by atoms with Gasteiger partial charge in [-0.05, 0) is 12.8 Å². The van der Waals surface area contributed by atoms with Crippen molar-refractivity contribution in [3.05, 3.63) is 0 Å². The molecule has 0 unspecified atom stereocenters. The van der Waals surface area contributed by atoms with Crippen molar-refractivity contribution in [2.24, 2.45) is 5.92 Å². The molecule has 0 bridgehead atoms. The first-order chi connectivity index (χ1) is 4.30. The smallest absolute Gasteiger partial charge is 0.306 e. The molecule has 0 aromatic heterocycles. The Labute approximate surface area is 81.5 Å². The predicted octanol–water partition coefficient (Wildman–Crippen LogP) is 1.65. The first kappa shape index (κ1) is 10.4. The van der Waals surface area contributed by atoms with Gasteiger partial charge in [0.1, 0.15) is 0 Å². The van der Waals surface area contributed by atoms with E-state index in [4.69, 9.17) is 5.11 Å². The zero-order valence-electron chi connectivity index (χ0n) is 6.18. The number of carboxylic acids is 1. The first-order valence-electron chi connectivity index (χ1n) is 3.53. The molecule has 0 aliphatic heterocycles. The van der Waals surface area contributed by atoms with Gasteiger partial charge in [0.05, 0.1) is 5.92 Å². The minimum absolute atomic E-state index is 0. The van der Waals surface area contributed by atoms with Gasteiger partial charge in [0.25, 0.3) is 0 Å². The minimum Gasteiger partial charge on any atom is -0.481 e. The summed E-state index contributed by atoms with van der Waals surface area (Å²) in [6.07, 6.45) is 5.24. The SMILES string of the molecule is O=C(O)C1CCCCC1.[Hg]. The van der Waals surface area contributed by atoms with Gasteiger partial charge >= 0.3 is 5.97 Å². The van der Waals surface area contributed by atoms with E-state index in [1.807, 2.05) is 0 Å². The van der Waals surface area contributed by atoms with Crippen molar-refractivity contribution >= 4 is 5.97 Å². The molecule has 0 aromatic rings. The second-order valence-electron chi connectivity index (χ2n) is 2.67. The Balaban J connectivity index is 0.000000810. The topological polar surface area (TPSA) is 37.3 Å². The number of hydrogen-bond donors (Lipinski definition) is 1. The van der Waals surface area contributed by atoms with Crippen LogP contribution in [0.4, 0.5) is 0 Å². The average Bonchev–Trinajstić information content (AvgIpc) is 1.90. The average molecular weight is 329 g/mol. The van der Waals surface area contributed by atoms with Gasteiger partial charge in [0.2, 0.25) is 0 Å². The summed E-state index contributed by atoms with van der Waals surface area (Å²) in [5.74, 6) is -0.631. The summed E-state index contributed by atoms with van der Waals surface area (Å²) in [6, 6.07) is 0. The van der Waals surface area contributed by atoms with Gasteiger partial charge in [-0.25, -0.2) is 0 Å². The first-order valence-corrected chi connectivity index (χ1v) is 3.53. The second kappa shape index (κ2) is 5.11. The fraction of sp³-hybridized carbons (Fsp3) is 0.857. The summed E-state index contributed by atoms with van der Waals surface area (Å²) in [4.78, 5) is 10.4. The van der Waals surface area contributed by atoms with Crippen LogP contribution in [0.3, 0.4) is 0 Å². The van der Waals surface area contributed by atoms with Crippen molar-refractivity contribution in [2.45, 2.75) is 32.1 Å². The van der Waals surface area contributed by atoms with Crippen molar-refractivity contribution < 1.29 is 37.6 Å². The van der Waals surface area contributed by atoms with Crippen LogP contribution in [0, 0.1) is 5.92 Å². The van der Waals surface area contributed by atoms with Gasteiger partial charge in [-0.3, -0.25) is 4.79 Å². The zero-order valence-corrected chi connectivity index (χ0v) is 11.7. The molecule has 0 atom stereocenters. The third-order valence-corrected chi connectivity index (χ3v) is 1.95. The molecule has 1 fully saturated rings. The van der Waals surface area contributed by atoms with Gasteiger partial charge < -0.3 is 5.11 Å². The van der Waals surface area contributed by atoms with Crippen LogP contribution in [-0.2, 0) is 32.5 Å². The van der Waals surface area contributed by atoms with E-state index in [9.17, 15) is 4.79 Å². The van der Waals surface area contributed by atoms with Crippen LogP contribution in [0.5, 0.6) is 0 Å². The molecule has 0 heterocycles. The van der Waals surface area contributed by atoms with Crippen molar-refractivity contribution in [3.63, 3.8) is 0 Å². The van der Waals surface area contributed by atoms with E-state index in [2.05, 4.69) is 0 Å². The molecular formula is C7H12HgO2. The summed E-state index contributed by atoms with van der Waals surface area (Å²) in [5, 5.41) is 8.54. The molecule has 2 nitrogen and oxygen atoms in total. The quantitative estimate of drug-likeness (QED) is 0.743. The Kier molecular flexibility index (Phi) is 5.31. The van der Waals surface area contributed by atoms with Crippen LogP contribution in [0.25, 0.3) is 0 Å². The van der Waals surface area contributed by atoms with Crippen LogP contribution in [0.1, 0.15) is 32.1 Å². The molecule has 0 aromatic carbocycles. The summed E-state index contributed by atoms with van der Waals surface area (Å²) >= 11 is 0. The number of rotatable bonds is 1. The van der Waals surface area contributed by atoms with Crippen LogP contribution < -0.4 is 0 Å². The molecule has 0 saturated heterocycles. The van der Waals surface area contributed by atoms with E-state index in [-0.39, 0.29) is 33.6 Å². The van der Waals surface area contributed by atoms with E-state index in [0.29, 0.717) is 0 Å². The maximum absolute atomic E-state index is 10.4. The number of aliphatic carboxylic acids is 1. The molecule has 3 heteroatoms.